The molecule has 0 atom stereocenters. The van der Waals surface area contributed by atoms with E-state index in [2.05, 4.69) is 0 Å². The average Bonchev–Trinajstić information content (AvgIpc) is 2.64. The van der Waals surface area contributed by atoms with E-state index in [0.29, 0.717) is 5.56 Å². The number of hydrogen-bond acceptors (Lipinski definition) is 2. The highest BCUT2D eigenvalue weighted by molar-refractivity contribution is 5.94. The summed E-state index contributed by atoms with van der Waals surface area (Å²) in [6.07, 6.45) is 9.00. The summed E-state index contributed by atoms with van der Waals surface area (Å²) in [5.74, 6) is -0.212. The topological polar surface area (TPSA) is 26.3 Å². The summed E-state index contributed by atoms with van der Waals surface area (Å²) >= 11 is 0. The molecule has 0 radical (unpaired) electrons. The Bertz CT molecular complexity index is 406. The third-order valence-electron chi connectivity index (χ3n) is 3.64. The summed E-state index contributed by atoms with van der Waals surface area (Å²) < 4.78 is 5.18. The van der Waals surface area contributed by atoms with Crippen LogP contribution in [0.1, 0.15) is 83.1 Å². The van der Waals surface area contributed by atoms with Gasteiger partial charge in [0, 0.05) is 5.56 Å². The van der Waals surface area contributed by atoms with E-state index >= 15 is 0 Å². The van der Waals surface area contributed by atoms with Crippen LogP contribution in [0.4, 0.5) is 0 Å². The number of cyclic esters (lactones) is 1. The SMILES string of the molecule is C.C.C1CCCCC1.CC1(C)OC(=O)c2ccccc21. The van der Waals surface area contributed by atoms with Gasteiger partial charge in [0.15, 0.2) is 0 Å². The molecule has 0 unspecified atom stereocenters. The molecule has 0 amide bonds. The highest BCUT2D eigenvalue weighted by Gasteiger charge is 2.36. The molecule has 0 spiro atoms. The van der Waals surface area contributed by atoms with Gasteiger partial charge in [0.25, 0.3) is 0 Å². The summed E-state index contributed by atoms with van der Waals surface area (Å²) in [6.45, 7) is 3.80. The van der Waals surface area contributed by atoms with Gasteiger partial charge in [-0.2, -0.15) is 0 Å². The Morgan fingerprint density at radius 3 is 1.80 bits per heavy atom. The Balaban J connectivity index is 0.000000390. The van der Waals surface area contributed by atoms with Crippen molar-refractivity contribution >= 4 is 5.97 Å². The van der Waals surface area contributed by atoms with Crippen LogP contribution in [0.15, 0.2) is 24.3 Å². The van der Waals surface area contributed by atoms with Crippen LogP contribution < -0.4 is 0 Å². The van der Waals surface area contributed by atoms with Crippen LogP contribution in [0.25, 0.3) is 0 Å². The summed E-state index contributed by atoms with van der Waals surface area (Å²) in [6, 6.07) is 7.50. The molecule has 0 saturated heterocycles. The minimum absolute atomic E-state index is 0. The molecule has 1 aliphatic heterocycles. The number of benzene rings is 1. The standard InChI is InChI=1S/C10H10O2.C6H12.2CH4/c1-10(2)8-6-4-3-5-7(8)9(11)12-10;1-2-4-6-5-3-1;;/h3-6H,1-2H3;1-6H2;2*1H4. The molecule has 1 aliphatic carbocycles. The third-order valence-corrected chi connectivity index (χ3v) is 3.64. The van der Waals surface area contributed by atoms with Crippen LogP contribution in [0.2, 0.25) is 0 Å². The number of fused-ring (bicyclic) bond motifs is 1. The molecular formula is C18H30O2. The fraction of sp³-hybridized carbons (Fsp3) is 0.611. The fourth-order valence-electron chi connectivity index (χ4n) is 2.59. The number of hydrogen-bond donors (Lipinski definition) is 0. The minimum Gasteiger partial charge on any atom is -0.451 e. The van der Waals surface area contributed by atoms with E-state index in [1.165, 1.54) is 38.5 Å². The molecule has 1 heterocycles. The fourth-order valence-corrected chi connectivity index (χ4v) is 2.59. The average molecular weight is 278 g/mol. The lowest BCUT2D eigenvalue weighted by Crippen LogP contribution is -2.15. The minimum atomic E-state index is -0.451. The molecule has 1 saturated carbocycles. The van der Waals surface area contributed by atoms with Gasteiger partial charge < -0.3 is 4.74 Å². The number of carbonyl (C=O) groups is 1. The van der Waals surface area contributed by atoms with Crippen LogP contribution in [0.5, 0.6) is 0 Å². The number of ether oxygens (including phenoxy) is 1. The largest absolute Gasteiger partial charge is 0.451 e. The van der Waals surface area contributed by atoms with Gasteiger partial charge in [-0.05, 0) is 19.9 Å². The van der Waals surface area contributed by atoms with Crippen molar-refractivity contribution in [1.82, 2.24) is 0 Å². The maximum atomic E-state index is 11.3. The van der Waals surface area contributed by atoms with E-state index < -0.39 is 5.60 Å². The molecule has 2 aliphatic rings. The van der Waals surface area contributed by atoms with E-state index in [1.807, 2.05) is 32.0 Å². The number of esters is 1. The zero-order valence-electron chi connectivity index (χ0n) is 11.4. The molecule has 1 aromatic carbocycles. The third kappa shape index (κ3) is 4.36. The Morgan fingerprint density at radius 1 is 0.900 bits per heavy atom. The molecular weight excluding hydrogens is 248 g/mol. The molecule has 1 fully saturated rings. The Hall–Kier alpha value is -1.31. The van der Waals surface area contributed by atoms with Crippen molar-refractivity contribution in [3.63, 3.8) is 0 Å². The Kier molecular flexibility index (Phi) is 7.55. The Labute approximate surface area is 124 Å². The van der Waals surface area contributed by atoms with E-state index in [1.54, 1.807) is 6.07 Å². The number of carbonyl (C=O) groups excluding carboxylic acids is 1. The van der Waals surface area contributed by atoms with Gasteiger partial charge in [0.2, 0.25) is 0 Å². The van der Waals surface area contributed by atoms with Crippen molar-refractivity contribution in [3.05, 3.63) is 35.4 Å². The van der Waals surface area contributed by atoms with Crippen LogP contribution >= 0.6 is 0 Å². The van der Waals surface area contributed by atoms with Crippen molar-refractivity contribution in [2.75, 3.05) is 0 Å². The second-order valence-electron chi connectivity index (χ2n) is 5.57. The van der Waals surface area contributed by atoms with Gasteiger partial charge >= 0.3 is 5.97 Å². The highest BCUT2D eigenvalue weighted by atomic mass is 16.6. The van der Waals surface area contributed by atoms with Crippen molar-refractivity contribution < 1.29 is 9.53 Å². The van der Waals surface area contributed by atoms with E-state index in [0.717, 1.165) is 5.56 Å². The van der Waals surface area contributed by atoms with Crippen molar-refractivity contribution in [2.45, 2.75) is 72.8 Å². The molecule has 3 rings (SSSR count). The monoisotopic (exact) mass is 278 g/mol. The first-order chi connectivity index (χ1) is 8.61. The lowest BCUT2D eigenvalue weighted by molar-refractivity contribution is 0.00954. The molecule has 0 aromatic heterocycles. The van der Waals surface area contributed by atoms with Gasteiger partial charge in [-0.15, -0.1) is 0 Å². The first-order valence-corrected chi connectivity index (χ1v) is 6.94. The van der Waals surface area contributed by atoms with Gasteiger partial charge in [0.05, 0.1) is 5.56 Å². The van der Waals surface area contributed by atoms with Crippen LogP contribution in [0, 0.1) is 0 Å². The summed E-state index contributed by atoms with van der Waals surface area (Å²) in [4.78, 5) is 11.3. The first kappa shape index (κ1) is 18.7. The zero-order valence-corrected chi connectivity index (χ0v) is 11.4. The van der Waals surface area contributed by atoms with Gasteiger partial charge in [-0.1, -0.05) is 71.6 Å². The van der Waals surface area contributed by atoms with Crippen molar-refractivity contribution in [3.8, 4) is 0 Å². The lowest BCUT2D eigenvalue weighted by Gasteiger charge is -2.16. The molecule has 114 valence electrons. The smallest absolute Gasteiger partial charge is 0.339 e. The molecule has 2 heteroatoms. The number of rotatable bonds is 0. The quantitative estimate of drug-likeness (QED) is 0.568. The molecule has 0 bridgehead atoms. The Morgan fingerprint density at radius 2 is 1.35 bits per heavy atom. The highest BCUT2D eigenvalue weighted by Crippen LogP contribution is 2.35. The van der Waals surface area contributed by atoms with Gasteiger partial charge in [-0.3, -0.25) is 0 Å². The van der Waals surface area contributed by atoms with Crippen LogP contribution in [-0.4, -0.2) is 5.97 Å². The maximum Gasteiger partial charge on any atom is 0.339 e. The molecule has 1 aromatic rings. The zero-order chi connectivity index (χ0) is 13.0. The maximum absolute atomic E-state index is 11.3. The van der Waals surface area contributed by atoms with Crippen molar-refractivity contribution in [1.29, 1.82) is 0 Å². The second-order valence-corrected chi connectivity index (χ2v) is 5.57. The van der Waals surface area contributed by atoms with E-state index in [-0.39, 0.29) is 20.8 Å². The van der Waals surface area contributed by atoms with Crippen molar-refractivity contribution in [2.24, 2.45) is 0 Å². The molecule has 20 heavy (non-hydrogen) atoms. The predicted octanol–water partition coefficient (Wildman–Crippen LogP) is 5.70. The molecule has 0 N–H and O–H groups in total. The summed E-state index contributed by atoms with van der Waals surface area (Å²) in [7, 11) is 0. The van der Waals surface area contributed by atoms with Gasteiger partial charge in [-0.25, -0.2) is 4.79 Å². The van der Waals surface area contributed by atoms with Crippen LogP contribution in [0.3, 0.4) is 0 Å². The summed E-state index contributed by atoms with van der Waals surface area (Å²) in [5, 5.41) is 0. The summed E-state index contributed by atoms with van der Waals surface area (Å²) in [5.41, 5.74) is 1.23. The normalized spacial score (nSPS) is 18.4. The first-order valence-electron chi connectivity index (χ1n) is 6.94. The van der Waals surface area contributed by atoms with E-state index in [9.17, 15) is 4.79 Å². The van der Waals surface area contributed by atoms with Crippen LogP contribution in [-0.2, 0) is 10.3 Å². The molecule has 2 nitrogen and oxygen atoms in total. The van der Waals surface area contributed by atoms with Gasteiger partial charge in [0.1, 0.15) is 5.60 Å². The second kappa shape index (κ2) is 8.08. The lowest BCUT2D eigenvalue weighted by atomic mass is 9.96. The predicted molar refractivity (Wildman–Crippen MR) is 86.0 cm³/mol. The van der Waals surface area contributed by atoms with E-state index in [4.69, 9.17) is 4.74 Å².